The van der Waals surface area contributed by atoms with Gasteiger partial charge in [0.25, 0.3) is 0 Å². The molecule has 0 aliphatic carbocycles. The Hall–Kier alpha value is -2.33. The molecule has 1 aromatic carbocycles. The number of pyridine rings is 1. The molecule has 0 bridgehead atoms. The van der Waals surface area contributed by atoms with Crippen molar-refractivity contribution in [3.05, 3.63) is 54.4 Å². The largest absolute Gasteiger partial charge is 0.325 e. The Morgan fingerprint density at radius 1 is 1.00 bits per heavy atom. The van der Waals surface area contributed by atoms with Gasteiger partial charge in [-0.2, -0.15) is 4.31 Å². The third-order valence-corrected chi connectivity index (χ3v) is 8.18. The summed E-state index contributed by atoms with van der Waals surface area (Å²) in [4.78, 5) is 22.0. The molecule has 8 nitrogen and oxygen atoms in total. The van der Waals surface area contributed by atoms with Gasteiger partial charge in [0.2, 0.25) is 15.9 Å². The minimum absolute atomic E-state index is 0.0849. The first kappa shape index (κ1) is 22.8. The monoisotopic (exact) mass is 457 g/mol. The van der Waals surface area contributed by atoms with Gasteiger partial charge in [0.15, 0.2) is 0 Å². The lowest BCUT2D eigenvalue weighted by atomic mass is 10.2. The molecule has 0 unspecified atom stereocenters. The summed E-state index contributed by atoms with van der Waals surface area (Å²) in [6.45, 7) is 7.29. The minimum atomic E-state index is -3.44. The van der Waals surface area contributed by atoms with Crippen molar-refractivity contribution in [1.82, 2.24) is 19.1 Å². The van der Waals surface area contributed by atoms with Gasteiger partial charge < -0.3 is 5.32 Å². The molecular formula is C23H31N5O3S. The van der Waals surface area contributed by atoms with Gasteiger partial charge in [0.1, 0.15) is 0 Å². The van der Waals surface area contributed by atoms with Crippen LogP contribution in [0.15, 0.2) is 53.6 Å². The van der Waals surface area contributed by atoms with E-state index < -0.39 is 10.0 Å². The zero-order chi connectivity index (χ0) is 22.6. The third kappa shape index (κ3) is 5.35. The zero-order valence-electron chi connectivity index (χ0n) is 18.5. The second-order valence-electron chi connectivity index (χ2n) is 8.43. The lowest BCUT2D eigenvalue weighted by Gasteiger charge is -2.37. The zero-order valence-corrected chi connectivity index (χ0v) is 19.3. The number of benzene rings is 1. The van der Waals surface area contributed by atoms with Gasteiger partial charge in [0.05, 0.1) is 16.6 Å². The molecular weight excluding hydrogens is 426 g/mol. The highest BCUT2D eigenvalue weighted by Crippen LogP contribution is 2.22. The third-order valence-electron chi connectivity index (χ3n) is 6.27. The molecule has 2 fully saturated rings. The summed E-state index contributed by atoms with van der Waals surface area (Å²) in [5, 5.41) is 2.93. The van der Waals surface area contributed by atoms with E-state index in [0.29, 0.717) is 18.8 Å². The summed E-state index contributed by atoms with van der Waals surface area (Å²) in [6, 6.07) is 12.2. The maximum Gasteiger partial charge on any atom is 0.243 e. The van der Waals surface area contributed by atoms with Crippen LogP contribution in [0, 0.1) is 0 Å². The number of sulfonamides is 1. The second kappa shape index (κ2) is 10.1. The predicted octanol–water partition coefficient (Wildman–Crippen LogP) is 2.01. The van der Waals surface area contributed by atoms with Crippen molar-refractivity contribution in [2.75, 3.05) is 44.6 Å². The topological polar surface area (TPSA) is 85.8 Å². The van der Waals surface area contributed by atoms with Gasteiger partial charge in [-0.15, -0.1) is 0 Å². The van der Waals surface area contributed by atoms with Crippen LogP contribution in [0.5, 0.6) is 0 Å². The lowest BCUT2D eigenvalue weighted by molar-refractivity contribution is -0.121. The Morgan fingerprint density at radius 3 is 2.31 bits per heavy atom. The number of rotatable bonds is 7. The summed E-state index contributed by atoms with van der Waals surface area (Å²) in [6.07, 6.45) is 3.62. The SMILES string of the molecule is C[C@@H](C(=O)Nc1ccc(S(=O)(=O)N2CCCC2)cc1)N1CCN(Cc2ccccn2)CC1. The number of carbonyl (C=O) groups excluding carboxylic acids is 1. The maximum absolute atomic E-state index is 12.8. The number of anilines is 1. The van der Waals surface area contributed by atoms with Gasteiger partial charge in [0, 0.05) is 57.7 Å². The first-order valence-corrected chi connectivity index (χ1v) is 12.6. The van der Waals surface area contributed by atoms with Crippen LogP contribution in [0.1, 0.15) is 25.5 Å². The quantitative estimate of drug-likeness (QED) is 0.685. The van der Waals surface area contributed by atoms with E-state index in [2.05, 4.69) is 20.1 Å². The maximum atomic E-state index is 12.8. The molecule has 0 saturated carbocycles. The van der Waals surface area contributed by atoms with Crippen LogP contribution in [0.4, 0.5) is 5.69 Å². The normalized spacial score (nSPS) is 19.7. The molecule has 2 aliphatic rings. The number of aromatic nitrogens is 1. The molecule has 3 heterocycles. The number of piperazine rings is 1. The van der Waals surface area contributed by atoms with E-state index in [1.54, 1.807) is 24.3 Å². The number of carbonyl (C=O) groups is 1. The van der Waals surface area contributed by atoms with Crippen LogP contribution < -0.4 is 5.32 Å². The Bertz CT molecular complexity index is 1000. The van der Waals surface area contributed by atoms with Gasteiger partial charge in [-0.05, 0) is 56.2 Å². The van der Waals surface area contributed by atoms with Crippen molar-refractivity contribution >= 4 is 21.6 Å². The fourth-order valence-corrected chi connectivity index (χ4v) is 5.75. The highest BCUT2D eigenvalue weighted by molar-refractivity contribution is 7.89. The average molecular weight is 458 g/mol. The van der Waals surface area contributed by atoms with Crippen LogP contribution in [0.2, 0.25) is 0 Å². The molecule has 0 spiro atoms. The molecule has 32 heavy (non-hydrogen) atoms. The van der Waals surface area contributed by atoms with E-state index in [-0.39, 0.29) is 16.8 Å². The van der Waals surface area contributed by atoms with Crippen LogP contribution >= 0.6 is 0 Å². The van der Waals surface area contributed by atoms with Crippen molar-refractivity contribution in [1.29, 1.82) is 0 Å². The molecule has 172 valence electrons. The summed E-state index contributed by atoms with van der Waals surface area (Å²) in [5.74, 6) is -0.0849. The molecule has 2 saturated heterocycles. The molecule has 4 rings (SSSR count). The number of hydrogen-bond acceptors (Lipinski definition) is 6. The number of amides is 1. The van der Waals surface area contributed by atoms with Gasteiger partial charge in [-0.3, -0.25) is 19.6 Å². The smallest absolute Gasteiger partial charge is 0.243 e. The van der Waals surface area contributed by atoms with Crippen molar-refractivity contribution in [2.45, 2.75) is 37.2 Å². The first-order valence-electron chi connectivity index (χ1n) is 11.2. The van der Waals surface area contributed by atoms with Crippen molar-refractivity contribution < 1.29 is 13.2 Å². The molecule has 0 radical (unpaired) electrons. The van der Waals surface area contributed by atoms with Crippen molar-refractivity contribution in [2.24, 2.45) is 0 Å². The Morgan fingerprint density at radius 2 is 1.69 bits per heavy atom. The standard InChI is InChI=1S/C23H31N5O3S/c1-19(27-16-14-26(15-17-27)18-21-6-2-3-11-24-21)23(29)25-20-7-9-22(10-8-20)32(30,31)28-12-4-5-13-28/h2-3,6-11,19H,4-5,12-18H2,1H3,(H,25,29)/t19-/m0/s1. The van der Waals surface area contributed by atoms with E-state index in [1.165, 1.54) is 4.31 Å². The fraction of sp³-hybridized carbons (Fsp3) is 0.478. The molecule has 2 aliphatic heterocycles. The predicted molar refractivity (Wildman–Crippen MR) is 124 cm³/mol. The number of hydrogen-bond donors (Lipinski definition) is 1. The first-order chi connectivity index (χ1) is 15.4. The highest BCUT2D eigenvalue weighted by Gasteiger charge is 2.28. The van der Waals surface area contributed by atoms with E-state index in [1.807, 2.05) is 31.3 Å². The van der Waals surface area contributed by atoms with Gasteiger partial charge in [-0.25, -0.2) is 8.42 Å². The van der Waals surface area contributed by atoms with E-state index in [0.717, 1.165) is 51.3 Å². The van der Waals surface area contributed by atoms with E-state index in [4.69, 9.17) is 0 Å². The summed E-state index contributed by atoms with van der Waals surface area (Å²) in [7, 11) is -3.44. The second-order valence-corrected chi connectivity index (χ2v) is 10.4. The molecule has 1 N–H and O–H groups in total. The van der Waals surface area contributed by atoms with Crippen LogP contribution in [-0.2, 0) is 21.4 Å². The molecule has 1 atom stereocenters. The average Bonchev–Trinajstić information content (AvgIpc) is 3.36. The Balaban J connectivity index is 1.28. The van der Waals surface area contributed by atoms with E-state index >= 15 is 0 Å². The van der Waals surface area contributed by atoms with Crippen LogP contribution in [0.25, 0.3) is 0 Å². The van der Waals surface area contributed by atoms with Crippen molar-refractivity contribution in [3.63, 3.8) is 0 Å². The number of nitrogens with one attached hydrogen (secondary N) is 1. The fourth-order valence-electron chi connectivity index (χ4n) is 4.23. The molecule has 2 aromatic rings. The minimum Gasteiger partial charge on any atom is -0.325 e. The Labute approximate surface area is 190 Å². The summed E-state index contributed by atoms with van der Waals surface area (Å²) >= 11 is 0. The number of nitrogens with zero attached hydrogens (tertiary/aromatic N) is 4. The van der Waals surface area contributed by atoms with Crippen LogP contribution in [-0.4, -0.2) is 78.7 Å². The summed E-state index contributed by atoms with van der Waals surface area (Å²) in [5.41, 5.74) is 1.66. The Kier molecular flexibility index (Phi) is 7.20. The van der Waals surface area contributed by atoms with E-state index in [9.17, 15) is 13.2 Å². The molecule has 1 aromatic heterocycles. The van der Waals surface area contributed by atoms with Gasteiger partial charge >= 0.3 is 0 Å². The molecule has 9 heteroatoms. The highest BCUT2D eigenvalue weighted by atomic mass is 32.2. The summed E-state index contributed by atoms with van der Waals surface area (Å²) < 4.78 is 26.8. The van der Waals surface area contributed by atoms with Gasteiger partial charge in [-0.1, -0.05) is 6.07 Å². The lowest BCUT2D eigenvalue weighted by Crippen LogP contribution is -2.52. The van der Waals surface area contributed by atoms with Crippen molar-refractivity contribution in [3.8, 4) is 0 Å². The molecule has 1 amide bonds. The van der Waals surface area contributed by atoms with Crippen LogP contribution in [0.3, 0.4) is 0 Å².